The van der Waals surface area contributed by atoms with E-state index in [1.54, 1.807) is 4.57 Å². The van der Waals surface area contributed by atoms with Crippen LogP contribution in [0.5, 0.6) is 0 Å². The second kappa shape index (κ2) is 6.24. The van der Waals surface area contributed by atoms with E-state index >= 15 is 0 Å². The Morgan fingerprint density at radius 1 is 1.30 bits per heavy atom. The van der Waals surface area contributed by atoms with Gasteiger partial charge in [0.25, 0.3) is 0 Å². The normalized spacial score (nSPS) is 23.8. The Kier molecular flexibility index (Phi) is 3.83. The molecule has 1 saturated carbocycles. The first-order valence-electron chi connectivity index (χ1n) is 8.57. The van der Waals surface area contributed by atoms with Gasteiger partial charge in [0.15, 0.2) is 5.50 Å². The molecule has 3 heterocycles. The summed E-state index contributed by atoms with van der Waals surface area (Å²) in [5.41, 5.74) is 6.02. The molecule has 1 aromatic heterocycles. The first kappa shape index (κ1) is 16.6. The number of rotatable bonds is 4. The molecule has 2 unspecified atom stereocenters. The van der Waals surface area contributed by atoms with Crippen molar-refractivity contribution in [2.75, 3.05) is 0 Å². The van der Waals surface area contributed by atoms with Crippen LogP contribution in [0.15, 0.2) is 41.4 Å². The number of nitrogens with one attached hydrogen (secondary N) is 4. The molecule has 2 aromatic rings. The molecule has 0 bridgehead atoms. The maximum Gasteiger partial charge on any atom is 0.225 e. The van der Waals surface area contributed by atoms with Crippen LogP contribution in [-0.4, -0.2) is 21.0 Å². The summed E-state index contributed by atoms with van der Waals surface area (Å²) in [7, 11) is 0. The molecule has 0 saturated heterocycles. The van der Waals surface area contributed by atoms with Gasteiger partial charge in [-0.1, -0.05) is 17.8 Å². The maximum atomic E-state index is 14.2. The van der Waals surface area contributed by atoms with Crippen LogP contribution in [0.3, 0.4) is 0 Å². The highest BCUT2D eigenvalue weighted by molar-refractivity contribution is 8.03. The van der Waals surface area contributed by atoms with E-state index in [1.165, 1.54) is 42.5 Å². The van der Waals surface area contributed by atoms with Gasteiger partial charge in [-0.05, 0) is 25.0 Å². The Morgan fingerprint density at radius 3 is 2.81 bits per heavy atom. The standard InChI is InChI=1S/C17H16F2N6OS/c18-9-2-1-3-10(19)12(9)11-6-20-7-25(11)15-13-14(23-24-15)21-17(27-13)22-16(26)8-4-5-8/h1-3,6-8,15,17,21,23-24H,4-5H2,(H,22,26). The zero-order valence-electron chi connectivity index (χ0n) is 14.0. The van der Waals surface area contributed by atoms with Gasteiger partial charge in [0, 0.05) is 5.92 Å². The lowest BCUT2D eigenvalue weighted by Crippen LogP contribution is -2.45. The molecule has 10 heteroatoms. The zero-order valence-corrected chi connectivity index (χ0v) is 14.8. The van der Waals surface area contributed by atoms with Crippen molar-refractivity contribution in [3.05, 3.63) is 53.1 Å². The highest BCUT2D eigenvalue weighted by atomic mass is 32.2. The topological polar surface area (TPSA) is 83.0 Å². The molecular weight excluding hydrogens is 374 g/mol. The van der Waals surface area contributed by atoms with E-state index in [2.05, 4.69) is 26.5 Å². The van der Waals surface area contributed by atoms with Crippen LogP contribution in [0, 0.1) is 17.6 Å². The van der Waals surface area contributed by atoms with Crippen LogP contribution in [0.2, 0.25) is 0 Å². The molecule has 1 amide bonds. The van der Waals surface area contributed by atoms with E-state index < -0.39 is 17.8 Å². The first-order valence-corrected chi connectivity index (χ1v) is 9.45. The second-order valence-corrected chi connectivity index (χ2v) is 7.77. The molecule has 0 spiro atoms. The summed E-state index contributed by atoms with van der Waals surface area (Å²) in [4.78, 5) is 16.9. The van der Waals surface area contributed by atoms with Crippen molar-refractivity contribution in [2.24, 2.45) is 5.92 Å². The molecule has 2 atom stereocenters. The summed E-state index contributed by atoms with van der Waals surface area (Å²) in [5.74, 6) is -0.399. The van der Waals surface area contributed by atoms with Crippen molar-refractivity contribution in [2.45, 2.75) is 24.5 Å². The molecule has 5 rings (SSSR count). The number of hydrogen-bond donors (Lipinski definition) is 4. The van der Waals surface area contributed by atoms with E-state index in [-0.39, 0.29) is 22.9 Å². The van der Waals surface area contributed by atoms with E-state index in [0.29, 0.717) is 5.69 Å². The Balaban J connectivity index is 1.41. The van der Waals surface area contributed by atoms with E-state index in [1.807, 2.05) is 0 Å². The van der Waals surface area contributed by atoms with Crippen molar-refractivity contribution in [1.29, 1.82) is 0 Å². The molecule has 1 aromatic carbocycles. The van der Waals surface area contributed by atoms with Crippen molar-refractivity contribution >= 4 is 17.7 Å². The van der Waals surface area contributed by atoms with Crippen LogP contribution >= 0.6 is 11.8 Å². The van der Waals surface area contributed by atoms with Gasteiger partial charge in [0.1, 0.15) is 23.6 Å². The molecule has 3 aliphatic rings. The molecular formula is C17H16F2N6OS. The lowest BCUT2D eigenvalue weighted by Gasteiger charge is -2.21. The van der Waals surface area contributed by atoms with Gasteiger partial charge >= 0.3 is 0 Å². The predicted octanol–water partition coefficient (Wildman–Crippen LogP) is 1.75. The van der Waals surface area contributed by atoms with E-state index in [4.69, 9.17) is 0 Å². The van der Waals surface area contributed by atoms with Crippen LogP contribution in [0.25, 0.3) is 11.3 Å². The molecule has 2 aliphatic heterocycles. The Hall–Kier alpha value is -2.59. The van der Waals surface area contributed by atoms with E-state index in [0.717, 1.165) is 23.6 Å². The number of imidazole rings is 1. The minimum absolute atomic E-state index is 0.0439. The van der Waals surface area contributed by atoms with Crippen LogP contribution in [0.4, 0.5) is 8.78 Å². The molecule has 0 radical (unpaired) electrons. The largest absolute Gasteiger partial charge is 0.341 e. The fourth-order valence-corrected chi connectivity index (χ4v) is 4.36. The number of thioether (sulfide) groups is 1. The van der Waals surface area contributed by atoms with Crippen molar-refractivity contribution < 1.29 is 13.6 Å². The van der Waals surface area contributed by atoms with Gasteiger partial charge in [-0.25, -0.2) is 19.2 Å². The first-order chi connectivity index (χ1) is 13.1. The molecule has 140 valence electrons. The van der Waals surface area contributed by atoms with Crippen molar-refractivity contribution in [3.63, 3.8) is 0 Å². The minimum Gasteiger partial charge on any atom is -0.341 e. The van der Waals surface area contributed by atoms with Crippen molar-refractivity contribution in [3.8, 4) is 11.3 Å². The Morgan fingerprint density at radius 2 is 2.07 bits per heavy atom. The van der Waals surface area contributed by atoms with Gasteiger partial charge in [-0.2, -0.15) is 0 Å². The van der Waals surface area contributed by atoms with Gasteiger partial charge in [0.05, 0.1) is 28.7 Å². The highest BCUT2D eigenvalue weighted by Crippen LogP contribution is 2.40. The molecule has 4 N–H and O–H groups in total. The third-order valence-corrected chi connectivity index (χ3v) is 5.89. The third kappa shape index (κ3) is 2.85. The van der Waals surface area contributed by atoms with Gasteiger partial charge in [0.2, 0.25) is 5.91 Å². The van der Waals surface area contributed by atoms with Gasteiger partial charge < -0.3 is 20.6 Å². The van der Waals surface area contributed by atoms with Crippen LogP contribution in [0.1, 0.15) is 19.0 Å². The number of carbonyl (C=O) groups excluding carboxylic acids is 1. The zero-order chi connectivity index (χ0) is 18.5. The quantitative estimate of drug-likeness (QED) is 0.637. The van der Waals surface area contributed by atoms with Crippen LogP contribution < -0.4 is 21.5 Å². The second-order valence-electron chi connectivity index (χ2n) is 6.62. The summed E-state index contributed by atoms with van der Waals surface area (Å²) in [6.07, 6.45) is 4.42. The number of halogens is 2. The number of nitrogens with zero attached hydrogens (tertiary/aromatic N) is 2. The highest BCUT2D eigenvalue weighted by Gasteiger charge is 2.39. The number of hydrogen-bond acceptors (Lipinski definition) is 6. The molecule has 7 nitrogen and oxygen atoms in total. The third-order valence-electron chi connectivity index (χ3n) is 4.73. The smallest absolute Gasteiger partial charge is 0.225 e. The number of hydrazine groups is 1. The summed E-state index contributed by atoms with van der Waals surface area (Å²) < 4.78 is 30.1. The van der Waals surface area contributed by atoms with Gasteiger partial charge in [-0.3, -0.25) is 4.79 Å². The summed E-state index contributed by atoms with van der Waals surface area (Å²) in [6.45, 7) is 0. The Labute approximate surface area is 157 Å². The fourth-order valence-electron chi connectivity index (χ4n) is 3.22. The van der Waals surface area contributed by atoms with Crippen LogP contribution in [-0.2, 0) is 4.79 Å². The minimum atomic E-state index is -0.649. The number of carbonyl (C=O) groups is 1. The predicted molar refractivity (Wildman–Crippen MR) is 95.3 cm³/mol. The Bertz CT molecular complexity index is 936. The fraction of sp³-hybridized carbons (Fsp3) is 0.294. The lowest BCUT2D eigenvalue weighted by atomic mass is 10.1. The number of amides is 1. The summed E-state index contributed by atoms with van der Waals surface area (Å²) in [6, 6.07) is 3.76. The van der Waals surface area contributed by atoms with Gasteiger partial charge in [-0.15, -0.1) is 0 Å². The lowest BCUT2D eigenvalue weighted by molar-refractivity contribution is -0.122. The van der Waals surface area contributed by atoms with Crippen molar-refractivity contribution in [1.82, 2.24) is 31.0 Å². The average molecular weight is 390 g/mol. The molecule has 27 heavy (non-hydrogen) atoms. The molecule has 1 fully saturated rings. The monoisotopic (exact) mass is 390 g/mol. The molecule has 1 aliphatic carbocycles. The number of aromatic nitrogens is 2. The SMILES string of the molecule is O=C(NC1NC2=C(S1)C(n1cncc1-c1c(F)cccc1F)NN2)C1CC1. The maximum absolute atomic E-state index is 14.2. The summed E-state index contributed by atoms with van der Waals surface area (Å²) >= 11 is 1.45. The van der Waals surface area contributed by atoms with E-state index in [9.17, 15) is 13.6 Å². The average Bonchev–Trinajstić information content (AvgIpc) is 3.08. The number of benzene rings is 1. The summed E-state index contributed by atoms with van der Waals surface area (Å²) in [5, 5.41) is 6.15.